The molecule has 0 spiro atoms. The fraction of sp³-hybridized carbons (Fsp3) is 0.615. The Bertz CT molecular complexity index is 1230. The van der Waals surface area contributed by atoms with Crippen molar-refractivity contribution in [2.45, 2.75) is 70.5 Å². The van der Waals surface area contributed by atoms with E-state index in [1.54, 1.807) is 20.8 Å². The van der Waals surface area contributed by atoms with Crippen molar-refractivity contribution in [3.63, 3.8) is 0 Å². The van der Waals surface area contributed by atoms with Gasteiger partial charge in [-0.25, -0.2) is 18.6 Å². The number of aliphatic hydroxyl groups excluding tert-OH is 1. The summed E-state index contributed by atoms with van der Waals surface area (Å²) in [4.78, 5) is 42.5. The number of carbonyl (C=O) groups is 3. The molecule has 4 aliphatic rings. The molecule has 1 N–H and O–H groups in total. The summed E-state index contributed by atoms with van der Waals surface area (Å²) in [6.07, 6.45) is 0.348. The molecule has 6 nitrogen and oxygen atoms in total. The third-order valence-electron chi connectivity index (χ3n) is 9.57. The summed E-state index contributed by atoms with van der Waals surface area (Å²) in [6, 6.07) is 0. The molecule has 1 aromatic rings. The number of esters is 1. The second-order valence-corrected chi connectivity index (χ2v) is 12.6. The van der Waals surface area contributed by atoms with Crippen molar-refractivity contribution in [3.05, 3.63) is 39.9 Å². The molecule has 0 bridgehead atoms. The molecule has 5 rings (SSSR count). The molecule has 36 heavy (non-hydrogen) atoms. The van der Waals surface area contributed by atoms with E-state index in [1.165, 1.54) is 35.8 Å². The number of ether oxygens (including phenoxy) is 1. The third-order valence-corrected chi connectivity index (χ3v) is 10.7. The standard InChI is InChI=1S/C26H29F2NO5S2/c1-12-7-15-16-9-18(27)17-8-14(30)5-6-23(17,3)25(16,28)20(31)10-24(15,4)26(12,22(33)35)34-21(32)19-11-36-13(2)29-19/h5-6,8,11-12,15-16,18,20,31H,7,9-10H2,1-4H3,(H,33,35)/t12-,15+,16+,18+,20+,23+,24+,25+,26+/m1/s1. The minimum absolute atomic E-state index is 0.0318. The number of aromatic nitrogens is 1. The van der Waals surface area contributed by atoms with Crippen LogP contribution in [0.25, 0.3) is 0 Å². The zero-order valence-corrected chi connectivity index (χ0v) is 22.2. The average Bonchev–Trinajstić information content (AvgIpc) is 3.32. The van der Waals surface area contributed by atoms with Crippen molar-refractivity contribution in [3.8, 4) is 0 Å². The monoisotopic (exact) mass is 537 g/mol. The van der Waals surface area contributed by atoms with Gasteiger partial charge in [0.2, 0.25) is 5.12 Å². The molecule has 0 amide bonds. The number of rotatable bonds is 3. The zero-order valence-electron chi connectivity index (χ0n) is 20.5. The van der Waals surface area contributed by atoms with Crippen molar-refractivity contribution >= 4 is 40.8 Å². The van der Waals surface area contributed by atoms with Gasteiger partial charge in [0.15, 0.2) is 22.7 Å². The van der Waals surface area contributed by atoms with Crippen molar-refractivity contribution in [1.29, 1.82) is 0 Å². The van der Waals surface area contributed by atoms with E-state index in [0.29, 0.717) is 5.01 Å². The number of thiol groups is 1. The summed E-state index contributed by atoms with van der Waals surface area (Å²) in [7, 11) is 0. The number of halogens is 2. The van der Waals surface area contributed by atoms with E-state index in [4.69, 9.17) is 4.74 Å². The second-order valence-electron chi connectivity index (χ2n) is 11.2. The smallest absolute Gasteiger partial charge is 0.358 e. The summed E-state index contributed by atoms with van der Waals surface area (Å²) >= 11 is 5.41. The molecule has 0 aromatic carbocycles. The van der Waals surface area contributed by atoms with Gasteiger partial charge >= 0.3 is 5.97 Å². The predicted molar refractivity (Wildman–Crippen MR) is 132 cm³/mol. The number of thiazole rings is 1. The third kappa shape index (κ3) is 3.04. The minimum Gasteiger partial charge on any atom is -0.444 e. The lowest BCUT2D eigenvalue weighted by molar-refractivity contribution is -0.221. The summed E-state index contributed by atoms with van der Waals surface area (Å²) < 4.78 is 38.9. The van der Waals surface area contributed by atoms with Crippen LogP contribution in [0.2, 0.25) is 0 Å². The van der Waals surface area contributed by atoms with Crippen molar-refractivity contribution in [1.82, 2.24) is 4.98 Å². The van der Waals surface area contributed by atoms with E-state index >= 15 is 8.78 Å². The average molecular weight is 538 g/mol. The Kier molecular flexibility index (Phi) is 5.75. The van der Waals surface area contributed by atoms with Gasteiger partial charge in [-0.05, 0) is 56.8 Å². The van der Waals surface area contributed by atoms with Crippen LogP contribution in [0.3, 0.4) is 0 Å². The van der Waals surface area contributed by atoms with Crippen LogP contribution in [0.1, 0.15) is 55.5 Å². The number of hydrogen-bond donors (Lipinski definition) is 2. The summed E-state index contributed by atoms with van der Waals surface area (Å²) in [5.41, 5.74) is -6.70. The number of hydrogen-bond acceptors (Lipinski definition) is 7. The van der Waals surface area contributed by atoms with Crippen LogP contribution in [0, 0.1) is 35.5 Å². The highest BCUT2D eigenvalue weighted by atomic mass is 32.1. The predicted octanol–water partition coefficient (Wildman–Crippen LogP) is 4.37. The Morgan fingerprint density at radius 1 is 1.28 bits per heavy atom. The number of fused-ring (bicyclic) bond motifs is 5. The Labute approximate surface area is 217 Å². The van der Waals surface area contributed by atoms with Crippen LogP contribution in [0.15, 0.2) is 29.2 Å². The lowest BCUT2D eigenvalue weighted by Crippen LogP contribution is -2.70. The first-order valence-electron chi connectivity index (χ1n) is 12.1. The van der Waals surface area contributed by atoms with E-state index in [0.717, 1.165) is 6.08 Å². The summed E-state index contributed by atoms with van der Waals surface area (Å²) in [6.45, 7) is 6.71. The highest BCUT2D eigenvalue weighted by molar-refractivity contribution is 7.96. The van der Waals surface area contributed by atoms with E-state index in [1.807, 2.05) is 0 Å². The van der Waals surface area contributed by atoms with Crippen LogP contribution in [0.4, 0.5) is 8.78 Å². The van der Waals surface area contributed by atoms with E-state index in [2.05, 4.69) is 17.6 Å². The minimum atomic E-state index is -2.28. The molecule has 9 atom stereocenters. The van der Waals surface area contributed by atoms with Crippen LogP contribution in [-0.4, -0.2) is 50.5 Å². The number of ketones is 1. The molecule has 0 radical (unpaired) electrons. The molecule has 0 unspecified atom stereocenters. The maximum atomic E-state index is 17.3. The highest BCUT2D eigenvalue weighted by Crippen LogP contribution is 2.71. The quantitative estimate of drug-likeness (QED) is 0.440. The first-order chi connectivity index (χ1) is 16.7. The molecule has 10 heteroatoms. The fourth-order valence-corrected chi connectivity index (χ4v) is 9.00. The molecule has 194 valence electrons. The fourth-order valence-electron chi connectivity index (χ4n) is 7.90. The molecular weight excluding hydrogens is 508 g/mol. The first-order valence-corrected chi connectivity index (χ1v) is 13.4. The Hall–Kier alpha value is -1.91. The van der Waals surface area contributed by atoms with Gasteiger partial charge in [0, 0.05) is 28.0 Å². The molecule has 1 heterocycles. The van der Waals surface area contributed by atoms with Gasteiger partial charge in [-0.3, -0.25) is 9.59 Å². The first kappa shape index (κ1) is 25.7. The van der Waals surface area contributed by atoms with Crippen LogP contribution < -0.4 is 0 Å². The molecular formula is C26H29F2NO5S2. The number of carbonyl (C=O) groups excluding carboxylic acids is 3. The normalized spacial score (nSPS) is 45.4. The number of alkyl halides is 2. The van der Waals surface area contributed by atoms with Gasteiger partial charge < -0.3 is 9.84 Å². The van der Waals surface area contributed by atoms with E-state index in [9.17, 15) is 19.5 Å². The lowest BCUT2D eigenvalue weighted by Gasteiger charge is -2.63. The van der Waals surface area contributed by atoms with Gasteiger partial charge in [0.1, 0.15) is 6.17 Å². The van der Waals surface area contributed by atoms with Crippen LogP contribution in [-0.2, 0) is 14.3 Å². The SMILES string of the molecule is Cc1nc(C(=O)O[C@]2(C(=O)S)[C@H](C)C[C@H]3[C@@H]4C[C@H](F)C5=CC(=O)C=C[C@]5(C)[C@@]4(F)[C@@H](O)C[C@@]32C)cs1. The van der Waals surface area contributed by atoms with E-state index in [-0.39, 0.29) is 30.5 Å². The molecule has 0 aliphatic heterocycles. The Morgan fingerprint density at radius 2 is 1.97 bits per heavy atom. The molecule has 4 aliphatic carbocycles. The van der Waals surface area contributed by atoms with Gasteiger partial charge in [-0.2, -0.15) is 0 Å². The maximum Gasteiger partial charge on any atom is 0.358 e. The Balaban J connectivity index is 1.61. The van der Waals surface area contributed by atoms with Gasteiger partial charge in [0.25, 0.3) is 0 Å². The lowest BCUT2D eigenvalue weighted by atomic mass is 9.44. The second kappa shape index (κ2) is 8.04. The Morgan fingerprint density at radius 3 is 2.58 bits per heavy atom. The number of aliphatic hydroxyl groups is 1. The van der Waals surface area contributed by atoms with Gasteiger partial charge in [0.05, 0.1) is 11.1 Å². The molecule has 3 fully saturated rings. The van der Waals surface area contributed by atoms with Crippen molar-refractivity contribution in [2.24, 2.45) is 28.6 Å². The highest BCUT2D eigenvalue weighted by Gasteiger charge is 2.78. The molecule has 3 saturated carbocycles. The number of aryl methyl sites for hydroxylation is 1. The maximum absolute atomic E-state index is 17.3. The van der Waals surface area contributed by atoms with Crippen LogP contribution in [0.5, 0.6) is 0 Å². The van der Waals surface area contributed by atoms with Crippen molar-refractivity contribution < 1.29 is 33.0 Å². The summed E-state index contributed by atoms with van der Waals surface area (Å²) in [5, 5.41) is 13.0. The topological polar surface area (TPSA) is 93.6 Å². The van der Waals surface area contributed by atoms with Crippen LogP contribution >= 0.6 is 24.0 Å². The number of allylic oxidation sites excluding steroid dienone is 4. The van der Waals surface area contributed by atoms with Crippen molar-refractivity contribution in [2.75, 3.05) is 0 Å². The zero-order chi connectivity index (χ0) is 26.4. The number of nitrogens with zero attached hydrogens (tertiary/aromatic N) is 1. The molecule has 0 saturated heterocycles. The van der Waals surface area contributed by atoms with Gasteiger partial charge in [-0.15, -0.1) is 24.0 Å². The van der Waals surface area contributed by atoms with Gasteiger partial charge in [-0.1, -0.05) is 19.9 Å². The summed E-state index contributed by atoms with van der Waals surface area (Å²) in [5.74, 6) is -3.36. The van der Waals surface area contributed by atoms with E-state index < -0.39 is 69.0 Å². The molecule has 1 aromatic heterocycles. The largest absolute Gasteiger partial charge is 0.444 e.